The predicted octanol–water partition coefficient (Wildman–Crippen LogP) is 8.27. The largest absolute Gasteiger partial charge is 0.416 e. The molecule has 7 nitrogen and oxygen atoms in total. The predicted molar refractivity (Wildman–Crippen MR) is 186 cm³/mol. The van der Waals surface area contributed by atoms with Crippen molar-refractivity contribution in [2.24, 2.45) is 5.92 Å². The Bertz CT molecular complexity index is 1860. The Balaban J connectivity index is 1.90. The van der Waals surface area contributed by atoms with Crippen LogP contribution < -0.4 is 9.62 Å². The molecular weight excluding hydrogens is 722 g/mol. The average Bonchev–Trinajstić information content (AvgIpc) is 3.05. The summed E-state index contributed by atoms with van der Waals surface area (Å²) in [5.74, 6) is -1.41. The molecular formula is C35H33Cl3F3N3O4S. The molecule has 0 aliphatic carbocycles. The number of halogens is 6. The van der Waals surface area contributed by atoms with Crippen LogP contribution >= 0.6 is 34.8 Å². The van der Waals surface area contributed by atoms with Gasteiger partial charge in [0.1, 0.15) is 12.6 Å². The molecule has 0 aliphatic heterocycles. The summed E-state index contributed by atoms with van der Waals surface area (Å²) in [5, 5.41) is 2.86. The third-order valence-corrected chi connectivity index (χ3v) is 10.3. The number of benzene rings is 4. The fourth-order valence-corrected chi connectivity index (χ4v) is 7.18. The number of nitrogens with zero attached hydrogens (tertiary/aromatic N) is 2. The summed E-state index contributed by atoms with van der Waals surface area (Å²) < 4.78 is 70.4. The minimum absolute atomic E-state index is 0.00826. The highest BCUT2D eigenvalue weighted by atomic mass is 35.5. The Hall–Kier alpha value is -3.77. The minimum Gasteiger partial charge on any atom is -0.354 e. The minimum atomic E-state index is -4.85. The van der Waals surface area contributed by atoms with E-state index in [2.05, 4.69) is 5.32 Å². The van der Waals surface area contributed by atoms with Crippen molar-refractivity contribution in [1.82, 2.24) is 10.2 Å². The third kappa shape index (κ3) is 9.69. The van der Waals surface area contributed by atoms with Gasteiger partial charge in [0.05, 0.1) is 21.2 Å². The molecule has 260 valence electrons. The van der Waals surface area contributed by atoms with E-state index >= 15 is 0 Å². The topological polar surface area (TPSA) is 86.8 Å². The van der Waals surface area contributed by atoms with Crippen molar-refractivity contribution in [1.29, 1.82) is 0 Å². The lowest BCUT2D eigenvalue weighted by Crippen LogP contribution is -2.53. The Morgan fingerprint density at radius 3 is 1.98 bits per heavy atom. The van der Waals surface area contributed by atoms with E-state index in [1.807, 2.05) is 13.8 Å². The Morgan fingerprint density at radius 1 is 0.816 bits per heavy atom. The summed E-state index contributed by atoms with van der Waals surface area (Å²) in [6.45, 7) is 2.70. The molecule has 1 atom stereocenters. The van der Waals surface area contributed by atoms with Crippen molar-refractivity contribution >= 4 is 62.3 Å². The van der Waals surface area contributed by atoms with Gasteiger partial charge in [-0.15, -0.1) is 0 Å². The quantitative estimate of drug-likeness (QED) is 0.149. The molecule has 0 saturated carbocycles. The Labute approximate surface area is 298 Å². The molecule has 2 amide bonds. The number of alkyl halides is 3. The van der Waals surface area contributed by atoms with Gasteiger partial charge in [0.25, 0.3) is 10.0 Å². The second-order valence-corrected chi connectivity index (χ2v) is 14.6. The molecule has 0 radical (unpaired) electrons. The summed E-state index contributed by atoms with van der Waals surface area (Å²) in [7, 11) is -4.70. The zero-order valence-electron chi connectivity index (χ0n) is 26.4. The second-order valence-electron chi connectivity index (χ2n) is 11.6. The number of anilines is 1. The van der Waals surface area contributed by atoms with Crippen molar-refractivity contribution in [2.75, 3.05) is 17.4 Å². The van der Waals surface area contributed by atoms with Crippen LogP contribution in [0.1, 0.15) is 30.5 Å². The van der Waals surface area contributed by atoms with Gasteiger partial charge in [0.2, 0.25) is 11.8 Å². The lowest BCUT2D eigenvalue weighted by atomic mass is 10.0. The lowest BCUT2D eigenvalue weighted by molar-refractivity contribution is -0.140. The van der Waals surface area contributed by atoms with E-state index in [1.165, 1.54) is 24.3 Å². The van der Waals surface area contributed by atoms with E-state index in [0.29, 0.717) is 22.0 Å². The Morgan fingerprint density at radius 2 is 1.41 bits per heavy atom. The fraction of sp³-hybridized carbons (Fsp3) is 0.257. The molecule has 1 N–H and O–H groups in total. The number of hydrogen-bond acceptors (Lipinski definition) is 4. The maximum atomic E-state index is 14.6. The average molecular weight is 755 g/mol. The summed E-state index contributed by atoms with van der Waals surface area (Å²) in [6.07, 6.45) is -4.85. The highest BCUT2D eigenvalue weighted by Gasteiger charge is 2.37. The zero-order chi connectivity index (χ0) is 35.9. The summed E-state index contributed by atoms with van der Waals surface area (Å²) in [4.78, 5) is 29.3. The van der Waals surface area contributed by atoms with Crippen LogP contribution in [0.3, 0.4) is 0 Å². The lowest BCUT2D eigenvalue weighted by Gasteiger charge is -2.34. The van der Waals surface area contributed by atoms with Crippen molar-refractivity contribution in [3.05, 3.63) is 129 Å². The van der Waals surface area contributed by atoms with Crippen LogP contribution in [0.4, 0.5) is 18.9 Å². The number of carbonyl (C=O) groups excluding carboxylic acids is 2. The van der Waals surface area contributed by atoms with Crippen molar-refractivity contribution < 1.29 is 31.2 Å². The van der Waals surface area contributed by atoms with Crippen LogP contribution in [0.15, 0.2) is 102 Å². The van der Waals surface area contributed by atoms with E-state index in [4.69, 9.17) is 34.8 Å². The number of hydrogen-bond donors (Lipinski definition) is 1. The molecule has 1 unspecified atom stereocenters. The second kappa shape index (κ2) is 16.3. The molecule has 0 heterocycles. The number of nitrogens with one attached hydrogen (secondary N) is 1. The third-order valence-electron chi connectivity index (χ3n) is 7.50. The first kappa shape index (κ1) is 38.0. The van der Waals surface area contributed by atoms with Gasteiger partial charge in [-0.1, -0.05) is 103 Å². The first-order valence-electron chi connectivity index (χ1n) is 15.1. The van der Waals surface area contributed by atoms with Crippen LogP contribution in [0.2, 0.25) is 15.1 Å². The van der Waals surface area contributed by atoms with Crippen molar-refractivity contribution in [2.45, 2.75) is 43.9 Å². The number of carbonyl (C=O) groups is 2. The highest BCUT2D eigenvalue weighted by Crippen LogP contribution is 2.38. The number of sulfonamides is 1. The van der Waals surface area contributed by atoms with Gasteiger partial charge >= 0.3 is 6.18 Å². The van der Waals surface area contributed by atoms with E-state index in [0.717, 1.165) is 11.0 Å². The summed E-state index contributed by atoms with van der Waals surface area (Å²) >= 11 is 19.4. The fourth-order valence-electron chi connectivity index (χ4n) is 4.94. The van der Waals surface area contributed by atoms with E-state index in [9.17, 15) is 31.2 Å². The molecule has 0 spiro atoms. The van der Waals surface area contributed by atoms with Gasteiger partial charge in [-0.25, -0.2) is 8.42 Å². The monoisotopic (exact) mass is 753 g/mol. The standard InChI is InChI=1S/C35H33Cl3F3N3O4S/c1-23(2)20-42-34(46)32(18-24-10-5-3-6-11-24)43(21-27-28(36)14-9-15-29(27)37)33(45)22-44(49(47,48)26-12-7-4-8-13-26)31-19-25(35(39,40)41)16-17-30(31)38/h3-17,19,23,32H,18,20-22H2,1-2H3,(H,42,46). The number of rotatable bonds is 13. The maximum absolute atomic E-state index is 14.6. The molecule has 49 heavy (non-hydrogen) atoms. The van der Waals surface area contributed by atoms with E-state index < -0.39 is 51.9 Å². The Kier molecular flexibility index (Phi) is 12.6. The molecule has 0 aromatic heterocycles. The van der Waals surface area contributed by atoms with Gasteiger partial charge in [0, 0.05) is 35.1 Å². The van der Waals surface area contributed by atoms with Gasteiger partial charge < -0.3 is 10.2 Å². The van der Waals surface area contributed by atoms with E-state index in [1.54, 1.807) is 54.6 Å². The van der Waals surface area contributed by atoms with Crippen LogP contribution in [0, 0.1) is 5.92 Å². The smallest absolute Gasteiger partial charge is 0.354 e. The molecule has 0 bridgehead atoms. The normalized spacial score (nSPS) is 12.4. The molecule has 4 aromatic rings. The first-order valence-corrected chi connectivity index (χ1v) is 17.7. The van der Waals surface area contributed by atoms with Crippen LogP contribution in [0.5, 0.6) is 0 Å². The van der Waals surface area contributed by atoms with Crippen molar-refractivity contribution in [3.8, 4) is 0 Å². The van der Waals surface area contributed by atoms with Crippen LogP contribution in [-0.2, 0) is 38.8 Å². The molecule has 4 aromatic carbocycles. The maximum Gasteiger partial charge on any atom is 0.416 e. The molecule has 0 saturated heterocycles. The summed E-state index contributed by atoms with van der Waals surface area (Å²) in [5.41, 5.74) is -0.788. The van der Waals surface area contributed by atoms with Crippen LogP contribution in [0.25, 0.3) is 0 Å². The molecule has 0 fully saturated rings. The molecule has 0 aliphatic rings. The SMILES string of the molecule is CC(C)CNC(=O)C(Cc1ccccc1)N(Cc1c(Cl)cccc1Cl)C(=O)CN(c1cc(C(F)(F)F)ccc1Cl)S(=O)(=O)c1ccccc1. The highest BCUT2D eigenvalue weighted by molar-refractivity contribution is 7.92. The van der Waals surface area contributed by atoms with Crippen LogP contribution in [-0.4, -0.2) is 44.3 Å². The first-order chi connectivity index (χ1) is 23.1. The van der Waals surface area contributed by atoms with Crippen molar-refractivity contribution in [3.63, 3.8) is 0 Å². The van der Waals surface area contributed by atoms with Gasteiger partial charge in [-0.2, -0.15) is 13.2 Å². The number of amides is 2. The van der Waals surface area contributed by atoms with Gasteiger partial charge in [-0.05, 0) is 53.9 Å². The zero-order valence-corrected chi connectivity index (χ0v) is 29.5. The molecule has 4 rings (SSSR count). The summed E-state index contributed by atoms with van der Waals surface area (Å²) in [6, 6.07) is 21.4. The van der Waals surface area contributed by atoms with E-state index in [-0.39, 0.29) is 51.0 Å². The van der Waals surface area contributed by atoms with Gasteiger partial charge in [-0.3, -0.25) is 13.9 Å². The molecule has 14 heteroatoms. The van der Waals surface area contributed by atoms with Gasteiger partial charge in [0.15, 0.2) is 0 Å².